The van der Waals surface area contributed by atoms with Gasteiger partial charge in [0.2, 0.25) is 0 Å². The van der Waals surface area contributed by atoms with E-state index in [-0.39, 0.29) is 6.61 Å². The highest BCUT2D eigenvalue weighted by Crippen LogP contribution is 2.38. The molecule has 0 fully saturated rings. The molecule has 0 atom stereocenters. The molecule has 0 bridgehead atoms. The molecular formula is C12H16N2O3. The van der Waals surface area contributed by atoms with Crippen LogP contribution in [0.5, 0.6) is 11.5 Å². The number of rotatable bonds is 3. The van der Waals surface area contributed by atoms with Crippen molar-refractivity contribution >= 4 is 11.0 Å². The number of aliphatic hydroxyl groups is 1. The molecule has 0 radical (unpaired) electrons. The minimum Gasteiger partial charge on any atom is -0.494 e. The Bertz CT molecular complexity index is 514. The number of methoxy groups -OCH3 is 2. The van der Waals surface area contributed by atoms with Crippen molar-refractivity contribution in [2.45, 2.75) is 20.5 Å². The number of hydrogen-bond donors (Lipinski definition) is 2. The van der Waals surface area contributed by atoms with E-state index in [2.05, 4.69) is 9.97 Å². The number of H-pyrrole nitrogens is 1. The first kappa shape index (κ1) is 11.7. The van der Waals surface area contributed by atoms with E-state index in [1.54, 1.807) is 14.2 Å². The zero-order chi connectivity index (χ0) is 12.6. The van der Waals surface area contributed by atoms with Gasteiger partial charge in [0, 0.05) is 5.56 Å². The molecule has 0 unspecified atom stereocenters. The summed E-state index contributed by atoms with van der Waals surface area (Å²) >= 11 is 0. The van der Waals surface area contributed by atoms with E-state index in [1.165, 1.54) is 0 Å². The van der Waals surface area contributed by atoms with Gasteiger partial charge in [0.1, 0.15) is 35.0 Å². The van der Waals surface area contributed by atoms with Crippen LogP contribution in [0.1, 0.15) is 17.0 Å². The fraction of sp³-hybridized carbons (Fsp3) is 0.417. The first-order valence-corrected chi connectivity index (χ1v) is 5.34. The smallest absolute Gasteiger partial charge is 0.150 e. The summed E-state index contributed by atoms with van der Waals surface area (Å²) in [5.41, 5.74) is 3.45. The van der Waals surface area contributed by atoms with E-state index in [9.17, 15) is 0 Å². The molecule has 0 aliphatic heterocycles. The average molecular weight is 236 g/mol. The second-order valence-electron chi connectivity index (χ2n) is 3.88. The molecule has 0 saturated heterocycles. The van der Waals surface area contributed by atoms with Crippen molar-refractivity contribution in [1.82, 2.24) is 9.97 Å². The maximum Gasteiger partial charge on any atom is 0.150 e. The minimum absolute atomic E-state index is 0.140. The number of ether oxygens (including phenoxy) is 2. The zero-order valence-electron chi connectivity index (χ0n) is 10.4. The van der Waals surface area contributed by atoms with Gasteiger partial charge in [-0.25, -0.2) is 4.98 Å². The topological polar surface area (TPSA) is 67.4 Å². The van der Waals surface area contributed by atoms with Gasteiger partial charge in [-0.3, -0.25) is 0 Å². The molecule has 5 heteroatoms. The van der Waals surface area contributed by atoms with Crippen LogP contribution < -0.4 is 9.47 Å². The van der Waals surface area contributed by atoms with Crippen LogP contribution in [-0.2, 0) is 6.61 Å². The van der Waals surface area contributed by atoms with Gasteiger partial charge in [0.05, 0.1) is 14.2 Å². The first-order valence-electron chi connectivity index (χ1n) is 5.34. The molecule has 0 saturated carbocycles. The summed E-state index contributed by atoms with van der Waals surface area (Å²) in [5.74, 6) is 1.96. The number of aromatic amines is 1. The van der Waals surface area contributed by atoms with Crippen LogP contribution in [0.3, 0.4) is 0 Å². The third kappa shape index (κ3) is 1.63. The van der Waals surface area contributed by atoms with Gasteiger partial charge in [-0.2, -0.15) is 0 Å². The molecule has 1 aromatic carbocycles. The Labute approximate surface area is 99.4 Å². The molecule has 5 nitrogen and oxygen atoms in total. The SMILES string of the molecule is COc1c(C)c(C)c(OC)c2[nH]c(CO)nc12. The summed E-state index contributed by atoms with van der Waals surface area (Å²) in [4.78, 5) is 7.34. The van der Waals surface area contributed by atoms with E-state index < -0.39 is 0 Å². The fourth-order valence-electron chi connectivity index (χ4n) is 2.04. The quantitative estimate of drug-likeness (QED) is 0.851. The van der Waals surface area contributed by atoms with E-state index in [4.69, 9.17) is 14.6 Å². The third-order valence-electron chi connectivity index (χ3n) is 3.00. The van der Waals surface area contributed by atoms with Crippen molar-refractivity contribution in [2.24, 2.45) is 0 Å². The van der Waals surface area contributed by atoms with Crippen LogP contribution >= 0.6 is 0 Å². The highest BCUT2D eigenvalue weighted by atomic mass is 16.5. The number of benzene rings is 1. The number of aliphatic hydroxyl groups excluding tert-OH is 1. The summed E-state index contributed by atoms with van der Waals surface area (Å²) in [6, 6.07) is 0. The van der Waals surface area contributed by atoms with Crippen LogP contribution in [-0.4, -0.2) is 29.3 Å². The Morgan fingerprint density at radius 3 is 2.24 bits per heavy atom. The van der Waals surface area contributed by atoms with Gasteiger partial charge >= 0.3 is 0 Å². The minimum atomic E-state index is -0.140. The number of nitrogens with zero attached hydrogens (tertiary/aromatic N) is 1. The van der Waals surface area contributed by atoms with Crippen molar-refractivity contribution in [3.8, 4) is 11.5 Å². The van der Waals surface area contributed by atoms with Gasteiger partial charge in [-0.05, 0) is 19.4 Å². The molecule has 2 N–H and O–H groups in total. The van der Waals surface area contributed by atoms with Gasteiger partial charge in [-0.1, -0.05) is 0 Å². The molecule has 0 amide bonds. The first-order chi connectivity index (χ1) is 8.13. The molecule has 2 rings (SSSR count). The number of hydrogen-bond acceptors (Lipinski definition) is 4. The van der Waals surface area contributed by atoms with Crippen LogP contribution in [0.4, 0.5) is 0 Å². The summed E-state index contributed by atoms with van der Waals surface area (Å²) in [5, 5.41) is 9.13. The maximum atomic E-state index is 9.13. The average Bonchev–Trinajstić information content (AvgIpc) is 2.75. The number of nitrogens with one attached hydrogen (secondary N) is 1. The predicted octanol–water partition coefficient (Wildman–Crippen LogP) is 1.69. The molecule has 2 aromatic rings. The normalized spacial score (nSPS) is 10.9. The number of imidazole rings is 1. The summed E-state index contributed by atoms with van der Waals surface area (Å²) in [7, 11) is 3.23. The van der Waals surface area contributed by atoms with Crippen molar-refractivity contribution in [2.75, 3.05) is 14.2 Å². The lowest BCUT2D eigenvalue weighted by atomic mass is 10.1. The van der Waals surface area contributed by atoms with Gasteiger partial charge < -0.3 is 19.6 Å². The molecule has 0 aliphatic rings. The molecule has 92 valence electrons. The lowest BCUT2D eigenvalue weighted by molar-refractivity contribution is 0.273. The number of fused-ring (bicyclic) bond motifs is 1. The largest absolute Gasteiger partial charge is 0.494 e. The zero-order valence-corrected chi connectivity index (χ0v) is 10.4. The molecule has 1 heterocycles. The van der Waals surface area contributed by atoms with Gasteiger partial charge in [0.25, 0.3) is 0 Å². The second-order valence-corrected chi connectivity index (χ2v) is 3.88. The predicted molar refractivity (Wildman–Crippen MR) is 64.6 cm³/mol. The van der Waals surface area contributed by atoms with E-state index in [1.807, 2.05) is 13.8 Å². The van der Waals surface area contributed by atoms with Crippen molar-refractivity contribution in [3.05, 3.63) is 17.0 Å². The van der Waals surface area contributed by atoms with Gasteiger partial charge in [0.15, 0.2) is 0 Å². The van der Waals surface area contributed by atoms with Crippen LogP contribution in [0.25, 0.3) is 11.0 Å². The lowest BCUT2D eigenvalue weighted by Gasteiger charge is -2.12. The Morgan fingerprint density at radius 2 is 1.71 bits per heavy atom. The monoisotopic (exact) mass is 236 g/mol. The fourth-order valence-corrected chi connectivity index (χ4v) is 2.04. The van der Waals surface area contributed by atoms with E-state index >= 15 is 0 Å². The summed E-state index contributed by atoms with van der Waals surface area (Å²) in [6.45, 7) is 3.79. The molecule has 17 heavy (non-hydrogen) atoms. The van der Waals surface area contributed by atoms with Crippen molar-refractivity contribution in [1.29, 1.82) is 0 Å². The molecule has 0 aliphatic carbocycles. The highest BCUT2D eigenvalue weighted by Gasteiger charge is 2.18. The molecule has 0 spiro atoms. The van der Waals surface area contributed by atoms with E-state index in [0.717, 1.165) is 22.4 Å². The Balaban J connectivity index is 2.88. The Morgan fingerprint density at radius 1 is 1.12 bits per heavy atom. The third-order valence-corrected chi connectivity index (χ3v) is 3.00. The summed E-state index contributed by atoms with van der Waals surface area (Å²) < 4.78 is 10.8. The van der Waals surface area contributed by atoms with Gasteiger partial charge in [-0.15, -0.1) is 0 Å². The van der Waals surface area contributed by atoms with Crippen LogP contribution in [0.15, 0.2) is 0 Å². The Kier molecular flexibility index (Phi) is 2.93. The van der Waals surface area contributed by atoms with E-state index in [0.29, 0.717) is 17.1 Å². The summed E-state index contributed by atoms with van der Waals surface area (Å²) in [6.07, 6.45) is 0. The van der Waals surface area contributed by atoms with Crippen molar-refractivity contribution < 1.29 is 14.6 Å². The standard InChI is InChI=1S/C12H16N2O3/c1-6-7(2)12(17-4)10-9(11(6)16-3)13-8(5-15)14-10/h15H,5H2,1-4H3,(H,13,14). The van der Waals surface area contributed by atoms with Crippen LogP contribution in [0.2, 0.25) is 0 Å². The van der Waals surface area contributed by atoms with Crippen molar-refractivity contribution in [3.63, 3.8) is 0 Å². The molecule has 1 aromatic heterocycles. The van der Waals surface area contributed by atoms with Crippen LogP contribution in [0, 0.1) is 13.8 Å². The highest BCUT2D eigenvalue weighted by molar-refractivity contribution is 5.90. The number of aromatic nitrogens is 2. The second kappa shape index (κ2) is 4.25. The Hall–Kier alpha value is -1.75. The lowest BCUT2D eigenvalue weighted by Crippen LogP contribution is -1.96. The molecular weight excluding hydrogens is 220 g/mol. The maximum absolute atomic E-state index is 9.13.